The zero-order valence-electron chi connectivity index (χ0n) is 11.8. The van der Waals surface area contributed by atoms with Gasteiger partial charge in [-0.1, -0.05) is 18.2 Å². The van der Waals surface area contributed by atoms with E-state index in [0.29, 0.717) is 0 Å². The van der Waals surface area contributed by atoms with Gasteiger partial charge in [-0.2, -0.15) is 0 Å². The zero-order chi connectivity index (χ0) is 14.5. The predicted molar refractivity (Wildman–Crippen MR) is 79.9 cm³/mol. The number of hydrogen-bond acceptors (Lipinski definition) is 3. The molecule has 2 aromatic rings. The first-order chi connectivity index (χ1) is 10.3. The summed E-state index contributed by atoms with van der Waals surface area (Å²) in [6.07, 6.45) is 5.58. The molecule has 0 aliphatic carbocycles. The van der Waals surface area contributed by atoms with E-state index in [0.717, 1.165) is 30.7 Å². The van der Waals surface area contributed by atoms with Gasteiger partial charge in [0.25, 0.3) is 5.91 Å². The summed E-state index contributed by atoms with van der Waals surface area (Å²) in [6.45, 7) is 0.884. The van der Waals surface area contributed by atoms with Crippen LogP contribution in [0.1, 0.15) is 24.4 Å². The number of benzene rings is 1. The first-order valence-corrected chi connectivity index (χ1v) is 7.22. The monoisotopic (exact) mass is 282 g/mol. The maximum Gasteiger partial charge on any atom is 0.261 e. The van der Waals surface area contributed by atoms with E-state index in [1.165, 1.54) is 0 Å². The highest BCUT2D eigenvalue weighted by Crippen LogP contribution is 2.31. The lowest BCUT2D eigenvalue weighted by Crippen LogP contribution is -2.34. The molecule has 1 fully saturated rings. The molecule has 0 radical (unpaired) electrons. The molecule has 1 amide bonds. The van der Waals surface area contributed by atoms with Crippen molar-refractivity contribution in [2.75, 3.05) is 13.2 Å². The number of para-hydroxylation sites is 1. The average Bonchev–Trinajstić information content (AvgIpc) is 3.04. The molecular formula is C17H18N2O2. The molecular weight excluding hydrogens is 264 g/mol. The second-order valence-electron chi connectivity index (χ2n) is 5.13. The highest BCUT2D eigenvalue weighted by Gasteiger charge is 2.29. The average molecular weight is 282 g/mol. The van der Waals surface area contributed by atoms with Crippen molar-refractivity contribution < 1.29 is 9.53 Å². The van der Waals surface area contributed by atoms with Crippen molar-refractivity contribution in [1.82, 2.24) is 9.88 Å². The number of nitrogens with zero attached hydrogens (tertiary/aromatic N) is 2. The van der Waals surface area contributed by atoms with Crippen LogP contribution in [0.3, 0.4) is 0 Å². The van der Waals surface area contributed by atoms with Crippen LogP contribution in [0.25, 0.3) is 0 Å². The maximum atomic E-state index is 12.4. The molecule has 2 heterocycles. The van der Waals surface area contributed by atoms with Crippen molar-refractivity contribution in [1.29, 1.82) is 0 Å². The van der Waals surface area contributed by atoms with Gasteiger partial charge in [0.05, 0.1) is 6.04 Å². The van der Waals surface area contributed by atoms with Gasteiger partial charge in [-0.25, -0.2) is 0 Å². The molecule has 1 saturated heterocycles. The van der Waals surface area contributed by atoms with Crippen LogP contribution in [0.4, 0.5) is 0 Å². The van der Waals surface area contributed by atoms with Gasteiger partial charge in [0.1, 0.15) is 5.75 Å². The van der Waals surface area contributed by atoms with Crippen molar-refractivity contribution in [3.05, 3.63) is 60.4 Å². The third kappa shape index (κ3) is 3.21. The Kier molecular flexibility index (Phi) is 4.15. The van der Waals surface area contributed by atoms with Gasteiger partial charge in [0.2, 0.25) is 0 Å². The summed E-state index contributed by atoms with van der Waals surface area (Å²) in [5.41, 5.74) is 1.15. The minimum absolute atomic E-state index is 0.0400. The molecule has 1 unspecified atom stereocenters. The summed E-state index contributed by atoms with van der Waals surface area (Å²) in [4.78, 5) is 18.3. The van der Waals surface area contributed by atoms with Crippen LogP contribution in [0.15, 0.2) is 54.9 Å². The molecule has 4 heteroatoms. The molecule has 0 saturated carbocycles. The standard InChI is InChI=1S/C17H18N2O2/c20-17(13-21-15-5-2-1-3-6-15)19-12-4-7-16(19)14-8-10-18-11-9-14/h1-3,5-6,8-11,16H,4,7,12-13H2. The molecule has 1 aliphatic rings. The van der Waals surface area contributed by atoms with E-state index in [1.54, 1.807) is 12.4 Å². The van der Waals surface area contributed by atoms with E-state index >= 15 is 0 Å². The van der Waals surface area contributed by atoms with Crippen LogP contribution in [0.2, 0.25) is 0 Å². The van der Waals surface area contributed by atoms with Crippen molar-refractivity contribution >= 4 is 5.91 Å². The molecule has 1 aromatic heterocycles. The molecule has 1 aliphatic heterocycles. The number of carbonyl (C=O) groups excluding carboxylic acids is 1. The molecule has 21 heavy (non-hydrogen) atoms. The van der Waals surface area contributed by atoms with Crippen LogP contribution < -0.4 is 4.74 Å². The highest BCUT2D eigenvalue weighted by molar-refractivity contribution is 5.78. The van der Waals surface area contributed by atoms with Crippen LogP contribution in [0, 0.1) is 0 Å². The lowest BCUT2D eigenvalue weighted by atomic mass is 10.1. The fraction of sp³-hybridized carbons (Fsp3) is 0.294. The van der Waals surface area contributed by atoms with Crippen LogP contribution in [-0.4, -0.2) is 28.9 Å². The Bertz CT molecular complexity index is 586. The molecule has 1 aromatic carbocycles. The van der Waals surface area contributed by atoms with E-state index in [-0.39, 0.29) is 18.6 Å². The van der Waals surface area contributed by atoms with E-state index in [2.05, 4.69) is 4.98 Å². The van der Waals surface area contributed by atoms with Gasteiger partial charge < -0.3 is 9.64 Å². The Hall–Kier alpha value is -2.36. The van der Waals surface area contributed by atoms with E-state index < -0.39 is 0 Å². The second-order valence-corrected chi connectivity index (χ2v) is 5.13. The number of ether oxygens (including phenoxy) is 1. The lowest BCUT2D eigenvalue weighted by molar-refractivity contribution is -0.134. The van der Waals surface area contributed by atoms with Gasteiger partial charge in [-0.15, -0.1) is 0 Å². The van der Waals surface area contributed by atoms with Crippen LogP contribution >= 0.6 is 0 Å². The lowest BCUT2D eigenvalue weighted by Gasteiger charge is -2.25. The molecule has 3 rings (SSSR count). The quantitative estimate of drug-likeness (QED) is 0.866. The van der Waals surface area contributed by atoms with Crippen molar-refractivity contribution in [3.8, 4) is 5.75 Å². The van der Waals surface area contributed by atoms with Gasteiger partial charge in [0.15, 0.2) is 6.61 Å². The summed E-state index contributed by atoms with van der Waals surface area (Å²) >= 11 is 0. The number of rotatable bonds is 4. The normalized spacial score (nSPS) is 17.7. The second kappa shape index (κ2) is 6.39. The Morgan fingerprint density at radius 3 is 2.71 bits per heavy atom. The van der Waals surface area contributed by atoms with Gasteiger partial charge in [-0.05, 0) is 42.7 Å². The minimum atomic E-state index is 0.0400. The van der Waals surface area contributed by atoms with Gasteiger partial charge in [0, 0.05) is 18.9 Å². The summed E-state index contributed by atoms with van der Waals surface area (Å²) in [6, 6.07) is 13.6. The molecule has 1 atom stereocenters. The Labute approximate surface area is 124 Å². The minimum Gasteiger partial charge on any atom is -0.484 e. The number of pyridine rings is 1. The zero-order valence-corrected chi connectivity index (χ0v) is 11.8. The van der Waals surface area contributed by atoms with E-state index in [9.17, 15) is 4.79 Å². The van der Waals surface area contributed by atoms with Gasteiger partial charge >= 0.3 is 0 Å². The summed E-state index contributed by atoms with van der Waals surface area (Å²) in [7, 11) is 0. The number of aromatic nitrogens is 1. The number of amides is 1. The highest BCUT2D eigenvalue weighted by atomic mass is 16.5. The summed E-state index contributed by atoms with van der Waals surface area (Å²) in [5, 5.41) is 0. The summed E-state index contributed by atoms with van der Waals surface area (Å²) < 4.78 is 5.56. The fourth-order valence-electron chi connectivity index (χ4n) is 2.74. The molecule has 0 spiro atoms. The van der Waals surface area contributed by atoms with Crippen LogP contribution in [0.5, 0.6) is 5.75 Å². The van der Waals surface area contributed by atoms with Crippen molar-refractivity contribution in [3.63, 3.8) is 0 Å². The summed E-state index contributed by atoms with van der Waals surface area (Å²) in [5.74, 6) is 0.767. The van der Waals surface area contributed by atoms with Crippen molar-refractivity contribution in [2.24, 2.45) is 0 Å². The predicted octanol–water partition coefficient (Wildman–Crippen LogP) is 2.82. The first kappa shape index (κ1) is 13.6. The topological polar surface area (TPSA) is 42.4 Å². The maximum absolute atomic E-state index is 12.4. The Morgan fingerprint density at radius 1 is 1.19 bits per heavy atom. The molecule has 108 valence electrons. The van der Waals surface area contributed by atoms with Gasteiger partial charge in [-0.3, -0.25) is 9.78 Å². The van der Waals surface area contributed by atoms with E-state index in [1.807, 2.05) is 47.4 Å². The third-order valence-electron chi connectivity index (χ3n) is 3.77. The van der Waals surface area contributed by atoms with Crippen LogP contribution in [-0.2, 0) is 4.79 Å². The Morgan fingerprint density at radius 2 is 1.95 bits per heavy atom. The molecule has 0 N–H and O–H groups in total. The molecule has 0 bridgehead atoms. The smallest absolute Gasteiger partial charge is 0.261 e. The number of carbonyl (C=O) groups is 1. The molecule has 4 nitrogen and oxygen atoms in total. The number of likely N-dealkylation sites (tertiary alicyclic amines) is 1. The van der Waals surface area contributed by atoms with Crippen molar-refractivity contribution in [2.45, 2.75) is 18.9 Å². The Balaban J connectivity index is 1.64. The first-order valence-electron chi connectivity index (χ1n) is 7.22. The largest absolute Gasteiger partial charge is 0.484 e. The van der Waals surface area contributed by atoms with E-state index in [4.69, 9.17) is 4.74 Å². The third-order valence-corrected chi connectivity index (χ3v) is 3.77. The number of hydrogen-bond donors (Lipinski definition) is 0. The SMILES string of the molecule is O=C(COc1ccccc1)N1CCCC1c1ccncc1. The fourth-order valence-corrected chi connectivity index (χ4v) is 2.74.